The minimum Gasteiger partial charge on any atom is -0.493 e. The highest BCUT2D eigenvalue weighted by Gasteiger charge is 2.45. The molecule has 2 aliphatic heterocycles. The lowest BCUT2D eigenvalue weighted by molar-refractivity contribution is -0.137. The minimum absolute atomic E-state index is 0.0603. The van der Waals surface area contributed by atoms with E-state index < -0.39 is 12.0 Å². The van der Waals surface area contributed by atoms with Crippen LogP contribution in [0.15, 0.2) is 41.3 Å². The molecule has 0 bridgehead atoms. The van der Waals surface area contributed by atoms with Crippen LogP contribution >= 0.6 is 11.8 Å². The summed E-state index contributed by atoms with van der Waals surface area (Å²) in [5.74, 6) is 1.30. The van der Waals surface area contributed by atoms with Crippen molar-refractivity contribution in [2.24, 2.45) is 11.8 Å². The number of carbonyl (C=O) groups is 2. The Morgan fingerprint density at radius 1 is 1.00 bits per heavy atom. The molecule has 0 N–H and O–H groups in total. The Morgan fingerprint density at radius 2 is 1.59 bits per heavy atom. The average molecular weight is 483 g/mol. The maximum atomic E-state index is 14.2. The number of amides is 2. The molecule has 1 fully saturated rings. The highest BCUT2D eigenvalue weighted by Crippen LogP contribution is 2.46. The number of rotatable bonds is 5. The predicted molar refractivity (Wildman–Crippen MR) is 135 cm³/mol. The number of benzene rings is 2. The molecule has 6 nitrogen and oxygen atoms in total. The highest BCUT2D eigenvalue weighted by molar-refractivity contribution is 7.98. The molecule has 0 unspecified atom stereocenters. The molecule has 0 saturated carbocycles. The van der Waals surface area contributed by atoms with Gasteiger partial charge in [-0.25, -0.2) is 0 Å². The van der Waals surface area contributed by atoms with Crippen LogP contribution in [0.25, 0.3) is 0 Å². The van der Waals surface area contributed by atoms with Crippen LogP contribution in [-0.4, -0.2) is 62.2 Å². The number of hydrogen-bond acceptors (Lipinski definition) is 5. The molecule has 0 aromatic heterocycles. The Bertz CT molecular complexity index is 1060. The Balaban J connectivity index is 1.88. The van der Waals surface area contributed by atoms with Crippen LogP contribution in [0.3, 0.4) is 0 Å². The van der Waals surface area contributed by atoms with Gasteiger partial charge in [0.15, 0.2) is 11.5 Å². The second-order valence-corrected chi connectivity index (χ2v) is 10.5. The van der Waals surface area contributed by atoms with E-state index in [-0.39, 0.29) is 11.8 Å². The maximum absolute atomic E-state index is 14.2. The molecule has 4 atom stereocenters. The number of piperidine rings is 1. The third-order valence-electron chi connectivity index (χ3n) is 7.08. The van der Waals surface area contributed by atoms with Gasteiger partial charge in [0.25, 0.3) is 5.91 Å². The van der Waals surface area contributed by atoms with Gasteiger partial charge in [0.05, 0.1) is 26.2 Å². The van der Waals surface area contributed by atoms with Crippen molar-refractivity contribution in [2.45, 2.75) is 37.1 Å². The zero-order valence-corrected chi connectivity index (χ0v) is 21.6. The molecule has 4 rings (SSSR count). The summed E-state index contributed by atoms with van der Waals surface area (Å²) >= 11 is 1.67. The number of fused-ring (bicyclic) bond motifs is 1. The molecule has 0 aliphatic carbocycles. The van der Waals surface area contributed by atoms with Gasteiger partial charge in [0.2, 0.25) is 5.91 Å². The van der Waals surface area contributed by atoms with Crippen LogP contribution in [0, 0.1) is 11.8 Å². The van der Waals surface area contributed by atoms with Crippen LogP contribution in [0.5, 0.6) is 11.5 Å². The van der Waals surface area contributed by atoms with E-state index in [9.17, 15) is 9.59 Å². The van der Waals surface area contributed by atoms with Crippen molar-refractivity contribution in [1.82, 2.24) is 9.80 Å². The van der Waals surface area contributed by atoms with Crippen molar-refractivity contribution in [3.8, 4) is 11.5 Å². The third-order valence-corrected chi connectivity index (χ3v) is 7.82. The lowest BCUT2D eigenvalue weighted by atomic mass is 9.78. The predicted octanol–water partition coefficient (Wildman–Crippen LogP) is 4.84. The summed E-state index contributed by atoms with van der Waals surface area (Å²) in [4.78, 5) is 32.6. The fourth-order valence-corrected chi connectivity index (χ4v) is 5.98. The fraction of sp³-hybridized carbons (Fsp3) is 0.481. The monoisotopic (exact) mass is 482 g/mol. The number of likely N-dealkylation sites (tertiary alicyclic amines) is 1. The van der Waals surface area contributed by atoms with Crippen LogP contribution in [0.1, 0.15) is 53.7 Å². The zero-order chi connectivity index (χ0) is 24.6. The molecule has 2 aromatic carbocycles. The molecule has 182 valence electrons. The molecular formula is C27H34N2O4S. The van der Waals surface area contributed by atoms with Crippen molar-refractivity contribution in [3.63, 3.8) is 0 Å². The molecule has 0 radical (unpaired) electrons. The quantitative estimate of drug-likeness (QED) is 0.571. The van der Waals surface area contributed by atoms with E-state index >= 15 is 0 Å². The number of likely N-dealkylation sites (N-methyl/N-ethyl adjacent to an activating group) is 1. The summed E-state index contributed by atoms with van der Waals surface area (Å²) in [6, 6.07) is 11.3. The van der Waals surface area contributed by atoms with E-state index in [0.29, 0.717) is 34.5 Å². The van der Waals surface area contributed by atoms with E-state index in [2.05, 4.69) is 26.0 Å². The summed E-state index contributed by atoms with van der Waals surface area (Å²) in [5, 5.41) is 0. The first kappa shape index (κ1) is 24.5. The largest absolute Gasteiger partial charge is 0.493 e. The number of hydrogen-bond donors (Lipinski definition) is 0. The summed E-state index contributed by atoms with van der Waals surface area (Å²) in [5.41, 5.74) is 2.15. The van der Waals surface area contributed by atoms with Crippen molar-refractivity contribution in [1.29, 1.82) is 0 Å². The van der Waals surface area contributed by atoms with E-state index in [1.807, 2.05) is 29.4 Å². The maximum Gasteiger partial charge on any atom is 0.254 e. The second-order valence-electron chi connectivity index (χ2n) is 9.60. The molecule has 2 aromatic rings. The van der Waals surface area contributed by atoms with E-state index in [4.69, 9.17) is 9.47 Å². The Hall–Kier alpha value is -2.67. The van der Waals surface area contributed by atoms with Crippen LogP contribution in [-0.2, 0) is 4.79 Å². The van der Waals surface area contributed by atoms with E-state index in [1.54, 1.807) is 44.0 Å². The molecule has 2 amide bonds. The lowest BCUT2D eigenvalue weighted by Crippen LogP contribution is -2.50. The van der Waals surface area contributed by atoms with Crippen LogP contribution < -0.4 is 9.47 Å². The minimum atomic E-state index is -0.532. The molecular weight excluding hydrogens is 448 g/mol. The molecule has 7 heteroatoms. The molecule has 0 spiro atoms. The first-order valence-electron chi connectivity index (χ1n) is 11.7. The standard InChI is InChI=1S/C27H34N2O4S/c1-16-11-17(2)15-29(14-16)27(31)24-20-12-22(32-4)23(33-5)13-21(20)26(30)28(3)25(24)18-7-9-19(34-6)10-8-18/h7-10,12-13,16-17,24-25H,11,14-15H2,1-6H3/t16-,17+,24-,25-/m0/s1. The smallest absolute Gasteiger partial charge is 0.254 e. The van der Waals surface area contributed by atoms with Gasteiger partial charge in [0.1, 0.15) is 0 Å². The Kier molecular flexibility index (Phi) is 7.12. The summed E-state index contributed by atoms with van der Waals surface area (Å²) < 4.78 is 11.0. The molecule has 2 heterocycles. The van der Waals surface area contributed by atoms with Crippen LogP contribution in [0.4, 0.5) is 0 Å². The highest BCUT2D eigenvalue weighted by atomic mass is 32.2. The Labute approximate surface area is 206 Å². The van der Waals surface area contributed by atoms with Gasteiger partial charge < -0.3 is 19.3 Å². The van der Waals surface area contributed by atoms with Gasteiger partial charge in [-0.15, -0.1) is 11.8 Å². The molecule has 1 saturated heterocycles. The normalized spacial score (nSPS) is 24.6. The van der Waals surface area contributed by atoms with Gasteiger partial charge in [-0.05, 0) is 59.9 Å². The van der Waals surface area contributed by atoms with Crippen LogP contribution in [0.2, 0.25) is 0 Å². The number of ether oxygens (including phenoxy) is 2. The summed E-state index contributed by atoms with van der Waals surface area (Å²) in [6.45, 7) is 5.87. The van der Waals surface area contributed by atoms with Gasteiger partial charge in [-0.1, -0.05) is 26.0 Å². The van der Waals surface area contributed by atoms with E-state index in [0.717, 1.165) is 30.0 Å². The number of thioether (sulfide) groups is 1. The van der Waals surface area contributed by atoms with Crippen molar-refractivity contribution >= 4 is 23.6 Å². The topological polar surface area (TPSA) is 59.1 Å². The average Bonchev–Trinajstić information content (AvgIpc) is 2.84. The van der Waals surface area contributed by atoms with Gasteiger partial charge in [0, 0.05) is 30.6 Å². The summed E-state index contributed by atoms with van der Waals surface area (Å²) in [6.07, 6.45) is 3.15. The number of nitrogens with zero attached hydrogens (tertiary/aromatic N) is 2. The fourth-order valence-electron chi connectivity index (χ4n) is 5.57. The van der Waals surface area contributed by atoms with Gasteiger partial charge in [-0.2, -0.15) is 0 Å². The van der Waals surface area contributed by atoms with Crippen molar-refractivity contribution in [3.05, 3.63) is 53.1 Å². The van der Waals surface area contributed by atoms with Gasteiger partial charge >= 0.3 is 0 Å². The van der Waals surface area contributed by atoms with E-state index in [1.165, 1.54) is 0 Å². The van der Waals surface area contributed by atoms with Gasteiger partial charge in [-0.3, -0.25) is 9.59 Å². The zero-order valence-electron chi connectivity index (χ0n) is 20.8. The summed E-state index contributed by atoms with van der Waals surface area (Å²) in [7, 11) is 4.91. The molecule has 34 heavy (non-hydrogen) atoms. The van der Waals surface area contributed by atoms with Crippen molar-refractivity contribution < 1.29 is 19.1 Å². The van der Waals surface area contributed by atoms with Crippen molar-refractivity contribution in [2.75, 3.05) is 40.6 Å². The first-order valence-corrected chi connectivity index (χ1v) is 13.0. The lowest BCUT2D eigenvalue weighted by Gasteiger charge is -2.44. The number of methoxy groups -OCH3 is 2. The Morgan fingerprint density at radius 3 is 2.15 bits per heavy atom. The number of carbonyl (C=O) groups excluding carboxylic acids is 2. The second kappa shape index (κ2) is 9.90. The third kappa shape index (κ3) is 4.38. The molecule has 2 aliphatic rings. The first-order chi connectivity index (χ1) is 16.3. The SMILES string of the molecule is COc1cc2c(cc1OC)[C@H](C(=O)N1C[C@H](C)C[C@H](C)C1)[C@H](c1ccc(SC)cc1)N(C)C2=O.